The first-order valence-electron chi connectivity index (χ1n) is 6.35. The van der Waals surface area contributed by atoms with E-state index in [1.165, 1.54) is 0 Å². The summed E-state index contributed by atoms with van der Waals surface area (Å²) in [6, 6.07) is 5.44. The lowest BCUT2D eigenvalue weighted by atomic mass is 10.1. The van der Waals surface area contributed by atoms with Gasteiger partial charge in [-0.05, 0) is 37.5 Å². The van der Waals surface area contributed by atoms with Crippen LogP contribution in [-0.4, -0.2) is 35.6 Å². The zero-order chi connectivity index (χ0) is 14.0. The topological polar surface area (TPSA) is 49.8 Å². The van der Waals surface area contributed by atoms with Crippen molar-refractivity contribution in [3.05, 3.63) is 28.8 Å². The Hall–Kier alpha value is -1.26. The van der Waals surface area contributed by atoms with Gasteiger partial charge in [0.15, 0.2) is 6.61 Å². The van der Waals surface area contributed by atoms with Crippen molar-refractivity contribution in [1.82, 2.24) is 4.90 Å². The lowest BCUT2D eigenvalue weighted by Gasteiger charge is -2.17. The number of carbonyl (C=O) groups is 1. The van der Waals surface area contributed by atoms with Crippen LogP contribution in [0.4, 0.5) is 0 Å². The van der Waals surface area contributed by atoms with Crippen LogP contribution in [0, 0.1) is 0 Å². The molecule has 104 valence electrons. The van der Waals surface area contributed by atoms with Crippen LogP contribution in [0.5, 0.6) is 5.75 Å². The fourth-order valence-electron chi connectivity index (χ4n) is 1.80. The van der Waals surface area contributed by atoms with E-state index in [1.54, 1.807) is 37.1 Å². The zero-order valence-electron chi connectivity index (χ0n) is 11.1. The average Bonchev–Trinajstić information content (AvgIpc) is 3.20. The Balaban J connectivity index is 1.93. The molecule has 0 aromatic heterocycles. The van der Waals surface area contributed by atoms with E-state index < -0.39 is 6.10 Å². The van der Waals surface area contributed by atoms with Gasteiger partial charge in [0.1, 0.15) is 5.75 Å². The molecule has 1 atom stereocenters. The van der Waals surface area contributed by atoms with Crippen molar-refractivity contribution in [2.45, 2.75) is 31.9 Å². The van der Waals surface area contributed by atoms with E-state index in [0.717, 1.165) is 18.4 Å². The van der Waals surface area contributed by atoms with E-state index in [1.807, 2.05) is 0 Å². The van der Waals surface area contributed by atoms with Crippen molar-refractivity contribution in [3.63, 3.8) is 0 Å². The number of nitrogens with zero attached hydrogens (tertiary/aromatic N) is 1. The molecule has 0 aliphatic heterocycles. The highest BCUT2D eigenvalue weighted by molar-refractivity contribution is 6.32. The highest BCUT2D eigenvalue weighted by Crippen LogP contribution is 2.28. The van der Waals surface area contributed by atoms with Gasteiger partial charge in [-0.25, -0.2) is 0 Å². The molecule has 1 amide bonds. The van der Waals surface area contributed by atoms with Gasteiger partial charge in [-0.3, -0.25) is 4.79 Å². The molecule has 1 fully saturated rings. The van der Waals surface area contributed by atoms with Gasteiger partial charge in [0.25, 0.3) is 5.91 Å². The fraction of sp³-hybridized carbons (Fsp3) is 0.500. The molecule has 0 saturated heterocycles. The minimum absolute atomic E-state index is 0.0131. The van der Waals surface area contributed by atoms with E-state index in [-0.39, 0.29) is 12.5 Å². The van der Waals surface area contributed by atoms with Gasteiger partial charge in [0.05, 0.1) is 11.1 Å². The molecule has 1 aromatic rings. The first-order valence-corrected chi connectivity index (χ1v) is 6.73. The van der Waals surface area contributed by atoms with E-state index >= 15 is 0 Å². The summed E-state index contributed by atoms with van der Waals surface area (Å²) in [5, 5.41) is 9.84. The standard InChI is InChI=1S/C14H18ClNO3/c1-9(17)10-3-6-13(12(15)7-10)19-8-14(18)16(2)11-4-5-11/h3,6-7,9,11,17H,4-5,8H2,1-2H3/t9-/m1/s1. The van der Waals surface area contributed by atoms with E-state index in [9.17, 15) is 9.90 Å². The average molecular weight is 284 g/mol. The summed E-state index contributed by atoms with van der Waals surface area (Å²) in [5.41, 5.74) is 0.721. The molecule has 0 bridgehead atoms. The van der Waals surface area contributed by atoms with Crippen molar-refractivity contribution in [3.8, 4) is 5.75 Å². The SMILES string of the molecule is C[C@@H](O)c1ccc(OCC(=O)N(C)C2CC2)c(Cl)c1. The Labute approximate surface area is 117 Å². The molecule has 1 aliphatic carbocycles. The van der Waals surface area contributed by atoms with E-state index in [2.05, 4.69) is 0 Å². The van der Waals surface area contributed by atoms with Crippen LogP contribution in [0.15, 0.2) is 18.2 Å². The third kappa shape index (κ3) is 3.61. The summed E-state index contributed by atoms with van der Waals surface area (Å²) in [5.74, 6) is 0.418. The number of carbonyl (C=O) groups excluding carboxylic acids is 1. The number of rotatable bonds is 5. The molecule has 5 heteroatoms. The molecule has 1 aliphatic rings. The minimum Gasteiger partial charge on any atom is -0.482 e. The largest absolute Gasteiger partial charge is 0.482 e. The normalized spacial score (nSPS) is 16.0. The number of amides is 1. The summed E-state index contributed by atoms with van der Waals surface area (Å²) in [6.07, 6.45) is 1.58. The predicted molar refractivity (Wildman–Crippen MR) is 73.4 cm³/mol. The van der Waals surface area contributed by atoms with Crippen LogP contribution in [0.3, 0.4) is 0 Å². The van der Waals surface area contributed by atoms with Crippen LogP contribution in [-0.2, 0) is 4.79 Å². The monoisotopic (exact) mass is 283 g/mol. The maximum atomic E-state index is 11.8. The lowest BCUT2D eigenvalue weighted by Crippen LogP contribution is -2.33. The summed E-state index contributed by atoms with van der Waals surface area (Å²) in [6.45, 7) is 1.65. The van der Waals surface area contributed by atoms with Gasteiger partial charge < -0.3 is 14.7 Å². The quantitative estimate of drug-likeness (QED) is 0.903. The van der Waals surface area contributed by atoms with Gasteiger partial charge >= 0.3 is 0 Å². The Kier molecular flexibility index (Phi) is 4.32. The third-order valence-electron chi connectivity index (χ3n) is 3.28. The molecule has 0 heterocycles. The Bertz CT molecular complexity index is 472. The molecule has 1 N–H and O–H groups in total. The number of hydrogen-bond donors (Lipinski definition) is 1. The molecule has 1 saturated carbocycles. The van der Waals surface area contributed by atoms with E-state index in [0.29, 0.717) is 16.8 Å². The molecule has 2 rings (SSSR count). The van der Waals surface area contributed by atoms with Crippen molar-refractivity contribution < 1.29 is 14.6 Å². The van der Waals surface area contributed by atoms with Gasteiger partial charge in [0, 0.05) is 13.1 Å². The maximum Gasteiger partial charge on any atom is 0.260 e. The van der Waals surface area contributed by atoms with Crippen molar-refractivity contribution in [2.24, 2.45) is 0 Å². The molecule has 1 aromatic carbocycles. The first kappa shape index (κ1) is 14.2. The second kappa shape index (κ2) is 5.80. The van der Waals surface area contributed by atoms with Crippen molar-refractivity contribution in [2.75, 3.05) is 13.7 Å². The van der Waals surface area contributed by atoms with Crippen LogP contribution >= 0.6 is 11.6 Å². The fourth-order valence-corrected chi connectivity index (χ4v) is 2.04. The van der Waals surface area contributed by atoms with Crippen LogP contribution in [0.1, 0.15) is 31.4 Å². The molecular weight excluding hydrogens is 266 g/mol. The van der Waals surface area contributed by atoms with Gasteiger partial charge in [0.2, 0.25) is 0 Å². The molecule has 19 heavy (non-hydrogen) atoms. The molecule has 0 radical (unpaired) electrons. The lowest BCUT2D eigenvalue weighted by molar-refractivity contribution is -0.132. The molecular formula is C14H18ClNO3. The minimum atomic E-state index is -0.575. The highest BCUT2D eigenvalue weighted by atomic mass is 35.5. The zero-order valence-corrected chi connectivity index (χ0v) is 11.9. The number of aliphatic hydroxyl groups excluding tert-OH is 1. The van der Waals surface area contributed by atoms with Gasteiger partial charge in [-0.2, -0.15) is 0 Å². The Morgan fingerprint density at radius 3 is 2.79 bits per heavy atom. The third-order valence-corrected chi connectivity index (χ3v) is 3.57. The number of hydrogen-bond acceptors (Lipinski definition) is 3. The van der Waals surface area contributed by atoms with Gasteiger partial charge in [-0.15, -0.1) is 0 Å². The second-order valence-corrected chi connectivity index (χ2v) is 5.30. The number of aliphatic hydroxyl groups is 1. The first-order chi connectivity index (χ1) is 8.99. The van der Waals surface area contributed by atoms with Crippen LogP contribution in [0.2, 0.25) is 5.02 Å². The summed E-state index contributed by atoms with van der Waals surface area (Å²) >= 11 is 6.05. The number of likely N-dealkylation sites (N-methyl/N-ethyl adjacent to an activating group) is 1. The number of halogens is 1. The smallest absolute Gasteiger partial charge is 0.260 e. The van der Waals surface area contributed by atoms with Crippen LogP contribution < -0.4 is 4.74 Å². The molecule has 0 spiro atoms. The summed E-state index contributed by atoms with van der Waals surface area (Å²) < 4.78 is 5.43. The number of ether oxygens (including phenoxy) is 1. The number of benzene rings is 1. The maximum absolute atomic E-state index is 11.8. The Morgan fingerprint density at radius 1 is 1.58 bits per heavy atom. The van der Waals surface area contributed by atoms with Crippen molar-refractivity contribution >= 4 is 17.5 Å². The van der Waals surface area contributed by atoms with Crippen molar-refractivity contribution in [1.29, 1.82) is 0 Å². The highest BCUT2D eigenvalue weighted by Gasteiger charge is 2.29. The second-order valence-electron chi connectivity index (χ2n) is 4.89. The van der Waals surface area contributed by atoms with E-state index in [4.69, 9.17) is 16.3 Å². The molecule has 0 unspecified atom stereocenters. The molecule has 4 nitrogen and oxygen atoms in total. The van der Waals surface area contributed by atoms with Crippen LogP contribution in [0.25, 0.3) is 0 Å². The predicted octanol–water partition coefficient (Wildman–Crippen LogP) is 2.39. The summed E-state index contributed by atoms with van der Waals surface area (Å²) in [4.78, 5) is 13.5. The summed E-state index contributed by atoms with van der Waals surface area (Å²) in [7, 11) is 1.79. The Morgan fingerprint density at radius 2 is 2.26 bits per heavy atom. The van der Waals surface area contributed by atoms with Gasteiger partial charge in [-0.1, -0.05) is 17.7 Å².